The molecule has 0 spiro atoms. The standard InChI is InChI=1S/C20H23N5O2/c1-12-8-9-16-23-18-15(20(27)25(16)11-12)10-14(19(26)21-2)17(24-18)22-13-6-4-3-5-7-13/h8-11,13H,3-7H2,1-2H3,(H,21,26)(H,22,24). The number of carbonyl (C=O) groups excluding carboxylic acids is 1. The Morgan fingerprint density at radius 2 is 1.96 bits per heavy atom. The molecular formula is C20H23N5O2. The predicted molar refractivity (Wildman–Crippen MR) is 105 cm³/mol. The van der Waals surface area contributed by atoms with E-state index in [4.69, 9.17) is 0 Å². The highest BCUT2D eigenvalue weighted by Gasteiger charge is 2.20. The zero-order valence-corrected chi connectivity index (χ0v) is 15.6. The van der Waals surface area contributed by atoms with Crippen molar-refractivity contribution in [3.63, 3.8) is 0 Å². The Kier molecular flexibility index (Phi) is 4.51. The summed E-state index contributed by atoms with van der Waals surface area (Å²) in [5, 5.41) is 6.39. The number of hydrogen-bond donors (Lipinski definition) is 2. The average molecular weight is 365 g/mol. The fourth-order valence-corrected chi connectivity index (χ4v) is 3.70. The lowest BCUT2D eigenvalue weighted by molar-refractivity contribution is 0.0963. The first-order valence-corrected chi connectivity index (χ1v) is 9.39. The number of fused-ring (bicyclic) bond motifs is 2. The van der Waals surface area contributed by atoms with E-state index in [1.165, 1.54) is 23.7 Å². The van der Waals surface area contributed by atoms with Gasteiger partial charge in [-0.25, -0.2) is 9.97 Å². The minimum absolute atomic E-state index is 0.222. The van der Waals surface area contributed by atoms with E-state index in [2.05, 4.69) is 20.6 Å². The topological polar surface area (TPSA) is 88.4 Å². The van der Waals surface area contributed by atoms with Gasteiger partial charge in [0.15, 0.2) is 5.65 Å². The summed E-state index contributed by atoms with van der Waals surface area (Å²) in [6.45, 7) is 1.92. The van der Waals surface area contributed by atoms with Crippen LogP contribution in [-0.4, -0.2) is 33.4 Å². The molecule has 1 saturated carbocycles. The number of pyridine rings is 2. The van der Waals surface area contributed by atoms with Crippen LogP contribution in [0, 0.1) is 6.92 Å². The third kappa shape index (κ3) is 3.25. The van der Waals surface area contributed by atoms with Crippen molar-refractivity contribution in [3.8, 4) is 0 Å². The minimum Gasteiger partial charge on any atom is -0.367 e. The number of nitrogens with zero attached hydrogens (tertiary/aromatic N) is 3. The smallest absolute Gasteiger partial charge is 0.267 e. The number of amides is 1. The summed E-state index contributed by atoms with van der Waals surface area (Å²) in [5.74, 6) is 0.230. The highest BCUT2D eigenvalue weighted by molar-refractivity contribution is 6.01. The second kappa shape index (κ2) is 6.98. The van der Waals surface area contributed by atoms with Crippen molar-refractivity contribution >= 4 is 28.4 Å². The number of anilines is 1. The molecule has 3 heterocycles. The summed E-state index contributed by atoms with van der Waals surface area (Å²) < 4.78 is 1.50. The Balaban J connectivity index is 1.90. The summed E-state index contributed by atoms with van der Waals surface area (Å²) in [6.07, 6.45) is 7.45. The number of aryl methyl sites for hydroxylation is 1. The largest absolute Gasteiger partial charge is 0.367 e. The average Bonchev–Trinajstić information content (AvgIpc) is 2.68. The van der Waals surface area contributed by atoms with E-state index in [9.17, 15) is 9.59 Å². The Labute approximate surface area is 156 Å². The molecule has 0 unspecified atom stereocenters. The highest BCUT2D eigenvalue weighted by atomic mass is 16.1. The van der Waals surface area contributed by atoms with Gasteiger partial charge in [0.2, 0.25) is 0 Å². The zero-order chi connectivity index (χ0) is 19.0. The van der Waals surface area contributed by atoms with E-state index in [0.29, 0.717) is 28.1 Å². The van der Waals surface area contributed by atoms with E-state index >= 15 is 0 Å². The predicted octanol–water partition coefficient (Wildman–Crippen LogP) is 2.66. The maximum Gasteiger partial charge on any atom is 0.267 e. The first-order valence-electron chi connectivity index (χ1n) is 9.39. The quantitative estimate of drug-likeness (QED) is 0.697. The molecule has 140 valence electrons. The van der Waals surface area contributed by atoms with Crippen molar-refractivity contribution in [1.82, 2.24) is 19.7 Å². The number of hydrogen-bond acceptors (Lipinski definition) is 5. The van der Waals surface area contributed by atoms with E-state index in [0.717, 1.165) is 18.4 Å². The molecule has 2 N–H and O–H groups in total. The molecule has 0 atom stereocenters. The third-order valence-corrected chi connectivity index (χ3v) is 5.16. The fraction of sp³-hybridized carbons (Fsp3) is 0.400. The molecule has 3 aromatic rings. The van der Waals surface area contributed by atoms with Crippen molar-refractivity contribution in [1.29, 1.82) is 0 Å². The molecule has 3 aromatic heterocycles. The summed E-state index contributed by atoms with van der Waals surface area (Å²) in [7, 11) is 1.58. The summed E-state index contributed by atoms with van der Waals surface area (Å²) in [5.41, 5.74) is 2.01. The van der Waals surface area contributed by atoms with Crippen LogP contribution in [0.3, 0.4) is 0 Å². The van der Waals surface area contributed by atoms with Crippen molar-refractivity contribution in [2.45, 2.75) is 45.1 Å². The first kappa shape index (κ1) is 17.5. The lowest BCUT2D eigenvalue weighted by atomic mass is 9.95. The van der Waals surface area contributed by atoms with Crippen LogP contribution < -0.4 is 16.2 Å². The van der Waals surface area contributed by atoms with Crippen molar-refractivity contribution in [2.24, 2.45) is 0 Å². The molecule has 4 rings (SSSR count). The lowest BCUT2D eigenvalue weighted by Gasteiger charge is -2.24. The van der Waals surface area contributed by atoms with Gasteiger partial charge in [0.25, 0.3) is 11.5 Å². The molecule has 1 aliphatic rings. The van der Waals surface area contributed by atoms with Crippen molar-refractivity contribution in [2.75, 3.05) is 12.4 Å². The van der Waals surface area contributed by atoms with E-state index in [-0.39, 0.29) is 17.5 Å². The van der Waals surface area contributed by atoms with Gasteiger partial charge < -0.3 is 10.6 Å². The lowest BCUT2D eigenvalue weighted by Crippen LogP contribution is -2.27. The second-order valence-electron chi connectivity index (χ2n) is 7.17. The molecule has 27 heavy (non-hydrogen) atoms. The molecule has 0 bridgehead atoms. The molecule has 0 aromatic carbocycles. The van der Waals surface area contributed by atoms with Gasteiger partial charge in [0, 0.05) is 19.3 Å². The van der Waals surface area contributed by atoms with Crippen LogP contribution in [0.4, 0.5) is 5.82 Å². The summed E-state index contributed by atoms with van der Waals surface area (Å²) in [4.78, 5) is 34.5. The molecule has 0 aliphatic heterocycles. The van der Waals surface area contributed by atoms with Gasteiger partial charge in [-0.3, -0.25) is 14.0 Å². The van der Waals surface area contributed by atoms with E-state index < -0.39 is 0 Å². The van der Waals surface area contributed by atoms with Gasteiger partial charge >= 0.3 is 0 Å². The van der Waals surface area contributed by atoms with Gasteiger partial charge in [-0.15, -0.1) is 0 Å². The van der Waals surface area contributed by atoms with Crippen LogP contribution >= 0.6 is 0 Å². The Morgan fingerprint density at radius 3 is 2.70 bits per heavy atom. The van der Waals surface area contributed by atoms with Crippen LogP contribution in [0.2, 0.25) is 0 Å². The number of aromatic nitrogens is 3. The zero-order valence-electron chi connectivity index (χ0n) is 15.6. The van der Waals surface area contributed by atoms with Gasteiger partial charge in [0.1, 0.15) is 11.5 Å². The maximum atomic E-state index is 12.9. The van der Waals surface area contributed by atoms with Gasteiger partial charge in [-0.05, 0) is 37.5 Å². The summed E-state index contributed by atoms with van der Waals surface area (Å²) in [6, 6.07) is 5.61. The normalized spacial score (nSPS) is 15.2. The summed E-state index contributed by atoms with van der Waals surface area (Å²) >= 11 is 0. The maximum absolute atomic E-state index is 12.9. The Hall–Kier alpha value is -2.96. The molecule has 7 nitrogen and oxygen atoms in total. The van der Waals surface area contributed by atoms with Gasteiger partial charge in [-0.2, -0.15) is 0 Å². The number of carbonyl (C=O) groups is 1. The molecule has 1 amide bonds. The molecule has 1 aliphatic carbocycles. The van der Waals surface area contributed by atoms with Crippen LogP contribution in [0.5, 0.6) is 0 Å². The van der Waals surface area contributed by atoms with Crippen LogP contribution in [0.25, 0.3) is 16.7 Å². The molecule has 0 saturated heterocycles. The van der Waals surface area contributed by atoms with Crippen molar-refractivity contribution in [3.05, 3.63) is 45.9 Å². The third-order valence-electron chi connectivity index (χ3n) is 5.16. The van der Waals surface area contributed by atoms with E-state index in [1.54, 1.807) is 25.4 Å². The van der Waals surface area contributed by atoms with Crippen LogP contribution in [0.1, 0.15) is 48.0 Å². The first-order chi connectivity index (χ1) is 13.1. The second-order valence-corrected chi connectivity index (χ2v) is 7.17. The molecule has 1 fully saturated rings. The number of nitrogens with one attached hydrogen (secondary N) is 2. The van der Waals surface area contributed by atoms with Crippen molar-refractivity contribution < 1.29 is 4.79 Å². The van der Waals surface area contributed by atoms with Gasteiger partial charge in [-0.1, -0.05) is 25.3 Å². The highest BCUT2D eigenvalue weighted by Crippen LogP contribution is 2.24. The fourth-order valence-electron chi connectivity index (χ4n) is 3.70. The Morgan fingerprint density at radius 1 is 1.19 bits per heavy atom. The minimum atomic E-state index is -0.267. The van der Waals surface area contributed by atoms with Crippen LogP contribution in [-0.2, 0) is 0 Å². The number of rotatable bonds is 3. The molecule has 0 radical (unpaired) electrons. The van der Waals surface area contributed by atoms with Gasteiger partial charge in [0.05, 0.1) is 10.9 Å². The van der Waals surface area contributed by atoms with Crippen LogP contribution in [0.15, 0.2) is 29.2 Å². The molecule has 7 heteroatoms. The molecular weight excluding hydrogens is 342 g/mol. The monoisotopic (exact) mass is 365 g/mol. The Bertz CT molecular complexity index is 1080. The SMILES string of the molecule is CNC(=O)c1cc2c(=O)n3cc(C)ccc3nc2nc1NC1CCCCC1. The van der Waals surface area contributed by atoms with E-state index in [1.807, 2.05) is 13.0 Å².